The van der Waals surface area contributed by atoms with Crippen molar-refractivity contribution in [1.82, 2.24) is 10.2 Å². The number of rotatable bonds is 6. The summed E-state index contributed by atoms with van der Waals surface area (Å²) in [5, 5.41) is 2.99. The van der Waals surface area contributed by atoms with Crippen LogP contribution in [0.2, 0.25) is 0 Å². The lowest BCUT2D eigenvalue weighted by Crippen LogP contribution is -2.53. The third-order valence-corrected chi connectivity index (χ3v) is 7.21. The van der Waals surface area contributed by atoms with Gasteiger partial charge in [-0.05, 0) is 76.0 Å². The third-order valence-electron chi connectivity index (χ3n) is 7.21. The molecule has 6 heteroatoms. The van der Waals surface area contributed by atoms with E-state index >= 15 is 0 Å². The second-order valence-electron chi connectivity index (χ2n) is 9.37. The van der Waals surface area contributed by atoms with Gasteiger partial charge in [-0.1, -0.05) is 0 Å². The number of amides is 2. The first-order chi connectivity index (χ1) is 12.9. The molecule has 0 aromatic carbocycles. The lowest BCUT2D eigenvalue weighted by atomic mass is 9.49. The van der Waals surface area contributed by atoms with Gasteiger partial charge in [-0.2, -0.15) is 0 Å². The molecule has 1 heterocycles. The Balaban J connectivity index is 1.21. The van der Waals surface area contributed by atoms with Gasteiger partial charge in [0.05, 0.1) is 6.42 Å². The summed E-state index contributed by atoms with van der Waals surface area (Å²) in [5.41, 5.74) is -0.183. The van der Waals surface area contributed by atoms with E-state index in [0.29, 0.717) is 6.54 Å². The number of esters is 1. The summed E-state index contributed by atoms with van der Waals surface area (Å²) in [6.45, 7) is 3.43. The van der Waals surface area contributed by atoms with Crippen molar-refractivity contribution in [1.29, 1.82) is 0 Å². The Morgan fingerprint density at radius 1 is 1.04 bits per heavy atom. The molecule has 6 nitrogen and oxygen atoms in total. The fraction of sp³-hybridized carbons (Fsp3) is 0.857. The zero-order valence-electron chi connectivity index (χ0n) is 16.4. The maximum atomic E-state index is 12.9. The van der Waals surface area contributed by atoms with E-state index in [0.717, 1.165) is 62.9 Å². The van der Waals surface area contributed by atoms with E-state index in [1.165, 1.54) is 19.3 Å². The smallest absolute Gasteiger partial charge is 0.308 e. The summed E-state index contributed by atoms with van der Waals surface area (Å²) < 4.78 is 5.27. The largest absolute Gasteiger partial charge is 0.452 e. The van der Waals surface area contributed by atoms with Crippen molar-refractivity contribution in [2.24, 2.45) is 23.2 Å². The number of nitrogens with zero attached hydrogens (tertiary/aromatic N) is 1. The molecule has 4 bridgehead atoms. The molecular formula is C21H32N2O4. The summed E-state index contributed by atoms with van der Waals surface area (Å²) >= 11 is 0. The van der Waals surface area contributed by atoms with Crippen LogP contribution < -0.4 is 5.32 Å². The average molecular weight is 376 g/mol. The van der Waals surface area contributed by atoms with Crippen LogP contribution in [0.15, 0.2) is 0 Å². The highest BCUT2D eigenvalue weighted by atomic mass is 16.5. The number of nitrogens with one attached hydrogen (secondary N) is 1. The normalized spacial score (nSPS) is 35.1. The van der Waals surface area contributed by atoms with Crippen LogP contribution in [0.5, 0.6) is 0 Å². The molecule has 1 aliphatic heterocycles. The van der Waals surface area contributed by atoms with Gasteiger partial charge in [0.1, 0.15) is 0 Å². The van der Waals surface area contributed by atoms with Crippen LogP contribution in [0.4, 0.5) is 0 Å². The standard InChI is InChI=1S/C21H32N2O4/c1-14(19(25)23-6-2-3-7-23)27-18(24)4-5-22-20(26)21-11-15-8-16(12-21)10-17(9-15)13-21/h14-17H,2-13H2,1H3,(H,22,26). The Morgan fingerprint density at radius 3 is 2.15 bits per heavy atom. The fourth-order valence-electron chi connectivity index (χ4n) is 6.36. The van der Waals surface area contributed by atoms with E-state index in [-0.39, 0.29) is 23.7 Å². The number of carbonyl (C=O) groups is 3. The average Bonchev–Trinajstić information content (AvgIpc) is 3.14. The van der Waals surface area contributed by atoms with Gasteiger partial charge in [0, 0.05) is 25.0 Å². The van der Waals surface area contributed by atoms with Crippen molar-refractivity contribution in [3.63, 3.8) is 0 Å². The van der Waals surface area contributed by atoms with Crippen LogP contribution in [0.1, 0.15) is 64.7 Å². The summed E-state index contributed by atoms with van der Waals surface area (Å²) in [7, 11) is 0. The Kier molecular flexibility index (Phi) is 5.17. The topological polar surface area (TPSA) is 75.7 Å². The van der Waals surface area contributed by atoms with Crippen LogP contribution in [0, 0.1) is 23.2 Å². The molecule has 0 aromatic rings. The minimum atomic E-state index is -0.741. The molecule has 1 saturated heterocycles. The zero-order valence-corrected chi connectivity index (χ0v) is 16.4. The Bertz CT molecular complexity index is 576. The Morgan fingerprint density at radius 2 is 1.59 bits per heavy atom. The monoisotopic (exact) mass is 376 g/mol. The van der Waals surface area contributed by atoms with E-state index in [2.05, 4.69) is 5.32 Å². The van der Waals surface area contributed by atoms with Crippen LogP contribution >= 0.6 is 0 Å². The highest BCUT2D eigenvalue weighted by Crippen LogP contribution is 2.60. The Labute approximate surface area is 161 Å². The van der Waals surface area contributed by atoms with Crippen LogP contribution in [-0.4, -0.2) is 48.4 Å². The van der Waals surface area contributed by atoms with Crippen molar-refractivity contribution in [2.45, 2.75) is 70.8 Å². The second-order valence-corrected chi connectivity index (χ2v) is 9.37. The summed E-state index contributed by atoms with van der Waals surface area (Å²) in [6.07, 6.45) is 8.41. The van der Waals surface area contributed by atoms with Crippen molar-refractivity contribution in [3.8, 4) is 0 Å². The SMILES string of the molecule is CC(OC(=O)CCNC(=O)C12CC3CC(CC(C3)C1)C2)C(=O)N1CCCC1. The minimum absolute atomic E-state index is 0.113. The van der Waals surface area contributed by atoms with Crippen molar-refractivity contribution in [2.75, 3.05) is 19.6 Å². The van der Waals surface area contributed by atoms with Gasteiger partial charge >= 0.3 is 5.97 Å². The fourth-order valence-corrected chi connectivity index (χ4v) is 6.36. The summed E-state index contributed by atoms with van der Waals surface area (Å²) in [4.78, 5) is 38.9. The third kappa shape index (κ3) is 3.85. The van der Waals surface area contributed by atoms with E-state index in [9.17, 15) is 14.4 Å². The molecule has 2 amide bonds. The first-order valence-electron chi connectivity index (χ1n) is 10.7. The molecule has 1 atom stereocenters. The van der Waals surface area contributed by atoms with Crippen molar-refractivity contribution >= 4 is 17.8 Å². The van der Waals surface area contributed by atoms with Gasteiger partial charge in [-0.15, -0.1) is 0 Å². The van der Waals surface area contributed by atoms with Gasteiger partial charge in [0.25, 0.3) is 5.91 Å². The lowest BCUT2D eigenvalue weighted by Gasteiger charge is -2.55. The van der Waals surface area contributed by atoms with Gasteiger partial charge in [0.15, 0.2) is 6.10 Å². The summed E-state index contributed by atoms with van der Waals surface area (Å²) in [5.74, 6) is 1.79. The van der Waals surface area contributed by atoms with Crippen LogP contribution in [0.25, 0.3) is 0 Å². The van der Waals surface area contributed by atoms with E-state index in [4.69, 9.17) is 4.74 Å². The predicted molar refractivity (Wildman–Crippen MR) is 99.6 cm³/mol. The number of ether oxygens (including phenoxy) is 1. The first kappa shape index (κ1) is 18.8. The zero-order chi connectivity index (χ0) is 19.0. The molecule has 4 aliphatic carbocycles. The molecule has 5 rings (SSSR count). The predicted octanol–water partition coefficient (Wildman–Crippen LogP) is 2.26. The molecular weight excluding hydrogens is 344 g/mol. The Hall–Kier alpha value is -1.59. The molecule has 5 aliphatic rings. The molecule has 0 spiro atoms. The molecule has 4 saturated carbocycles. The molecule has 1 unspecified atom stereocenters. The van der Waals surface area contributed by atoms with Crippen molar-refractivity contribution < 1.29 is 19.1 Å². The van der Waals surface area contributed by atoms with Gasteiger partial charge in [0.2, 0.25) is 5.91 Å². The summed E-state index contributed by atoms with van der Waals surface area (Å²) in [6, 6.07) is 0. The van der Waals surface area contributed by atoms with Crippen molar-refractivity contribution in [3.05, 3.63) is 0 Å². The molecule has 1 N–H and O–H groups in total. The quantitative estimate of drug-likeness (QED) is 0.722. The van der Waals surface area contributed by atoms with Gasteiger partial charge < -0.3 is 15.0 Å². The molecule has 150 valence electrons. The number of carbonyl (C=O) groups excluding carboxylic acids is 3. The van der Waals surface area contributed by atoms with E-state index in [1.807, 2.05) is 0 Å². The highest BCUT2D eigenvalue weighted by Gasteiger charge is 2.54. The van der Waals surface area contributed by atoms with E-state index < -0.39 is 12.1 Å². The van der Waals surface area contributed by atoms with Crippen LogP contribution in [0.3, 0.4) is 0 Å². The van der Waals surface area contributed by atoms with Crippen LogP contribution in [-0.2, 0) is 19.1 Å². The maximum Gasteiger partial charge on any atom is 0.308 e. The molecule has 0 aromatic heterocycles. The minimum Gasteiger partial charge on any atom is -0.452 e. The number of hydrogen-bond donors (Lipinski definition) is 1. The second kappa shape index (κ2) is 7.44. The highest BCUT2D eigenvalue weighted by molar-refractivity contribution is 5.85. The first-order valence-corrected chi connectivity index (χ1v) is 10.7. The number of hydrogen-bond acceptors (Lipinski definition) is 4. The molecule has 0 radical (unpaired) electrons. The molecule has 5 fully saturated rings. The van der Waals surface area contributed by atoms with Gasteiger partial charge in [-0.3, -0.25) is 14.4 Å². The molecule has 27 heavy (non-hydrogen) atoms. The maximum absolute atomic E-state index is 12.9. The van der Waals surface area contributed by atoms with Gasteiger partial charge in [-0.25, -0.2) is 0 Å². The van der Waals surface area contributed by atoms with E-state index in [1.54, 1.807) is 11.8 Å². The lowest BCUT2D eigenvalue weighted by molar-refractivity contribution is -0.158. The number of likely N-dealkylation sites (tertiary alicyclic amines) is 1.